The highest BCUT2D eigenvalue weighted by molar-refractivity contribution is 7.07. The summed E-state index contributed by atoms with van der Waals surface area (Å²) in [5.74, 6) is 0. The van der Waals surface area contributed by atoms with E-state index in [1.54, 1.807) is 6.07 Å². The number of rotatable bonds is 3. The van der Waals surface area contributed by atoms with Crippen LogP contribution in [0, 0.1) is 0 Å². The molecular formula is C10H14F2N2S. The Bertz CT molecular complexity index is 284. The van der Waals surface area contributed by atoms with Crippen molar-refractivity contribution in [3.63, 3.8) is 0 Å². The number of alkyl halides is 2. The van der Waals surface area contributed by atoms with E-state index in [1.807, 2.05) is 15.7 Å². The Labute approximate surface area is 91.9 Å². The highest BCUT2D eigenvalue weighted by Gasteiger charge is 2.30. The Balaban J connectivity index is 2.12. The standard InChI is InChI=1S/C10H14F2N2S/c11-10(12)9(8-1-6-15-7-8)14-4-2-13-3-5-14/h1,6-7,9-10,13H,2-5H2/t9-/m0/s1. The molecule has 0 spiro atoms. The Hall–Kier alpha value is -0.520. The van der Waals surface area contributed by atoms with Crippen LogP contribution in [0.15, 0.2) is 16.8 Å². The smallest absolute Gasteiger partial charge is 0.258 e. The largest absolute Gasteiger partial charge is 0.314 e. The molecule has 0 amide bonds. The molecule has 0 unspecified atom stereocenters. The van der Waals surface area contributed by atoms with Crippen LogP contribution in [0.2, 0.25) is 0 Å². The summed E-state index contributed by atoms with van der Waals surface area (Å²) in [5, 5.41) is 6.84. The van der Waals surface area contributed by atoms with Gasteiger partial charge in [-0.15, -0.1) is 0 Å². The average Bonchev–Trinajstić information content (AvgIpc) is 2.72. The number of nitrogens with zero attached hydrogens (tertiary/aromatic N) is 1. The van der Waals surface area contributed by atoms with Gasteiger partial charge in [-0.3, -0.25) is 4.90 Å². The fourth-order valence-corrected chi connectivity index (χ4v) is 2.61. The Morgan fingerprint density at radius 1 is 1.33 bits per heavy atom. The quantitative estimate of drug-likeness (QED) is 0.857. The molecule has 1 saturated heterocycles. The molecule has 0 aromatic carbocycles. The molecule has 1 atom stereocenters. The van der Waals surface area contributed by atoms with Crippen LogP contribution in [-0.4, -0.2) is 37.5 Å². The molecule has 15 heavy (non-hydrogen) atoms. The predicted molar refractivity (Wildman–Crippen MR) is 57.5 cm³/mol. The molecule has 2 heterocycles. The maximum absolute atomic E-state index is 13.0. The minimum atomic E-state index is -2.31. The van der Waals surface area contributed by atoms with Crippen molar-refractivity contribution in [2.24, 2.45) is 0 Å². The number of hydrogen-bond acceptors (Lipinski definition) is 3. The maximum atomic E-state index is 13.0. The molecular weight excluding hydrogens is 218 g/mol. The zero-order valence-corrected chi connectivity index (χ0v) is 9.14. The van der Waals surface area contributed by atoms with Crippen LogP contribution < -0.4 is 5.32 Å². The van der Waals surface area contributed by atoms with Gasteiger partial charge in [-0.25, -0.2) is 8.78 Å². The van der Waals surface area contributed by atoms with Gasteiger partial charge in [0, 0.05) is 26.2 Å². The summed E-state index contributed by atoms with van der Waals surface area (Å²) >= 11 is 1.47. The Morgan fingerprint density at radius 3 is 2.60 bits per heavy atom. The van der Waals surface area contributed by atoms with E-state index in [4.69, 9.17) is 0 Å². The van der Waals surface area contributed by atoms with E-state index in [9.17, 15) is 8.78 Å². The van der Waals surface area contributed by atoms with E-state index in [-0.39, 0.29) is 0 Å². The second kappa shape index (κ2) is 5.01. The van der Waals surface area contributed by atoms with Crippen LogP contribution in [0.4, 0.5) is 8.78 Å². The zero-order chi connectivity index (χ0) is 10.7. The summed E-state index contributed by atoms with van der Waals surface area (Å²) in [6.45, 7) is 3.00. The van der Waals surface area contributed by atoms with E-state index < -0.39 is 12.5 Å². The minimum absolute atomic E-state index is 0.699. The molecule has 0 saturated carbocycles. The predicted octanol–water partition coefficient (Wildman–Crippen LogP) is 1.96. The monoisotopic (exact) mass is 232 g/mol. The molecule has 0 aliphatic carbocycles. The topological polar surface area (TPSA) is 15.3 Å². The van der Waals surface area contributed by atoms with Gasteiger partial charge in [0.05, 0.1) is 6.04 Å². The first-order chi connectivity index (χ1) is 7.29. The molecule has 1 aromatic heterocycles. The van der Waals surface area contributed by atoms with Crippen LogP contribution in [0.5, 0.6) is 0 Å². The van der Waals surface area contributed by atoms with E-state index in [0.29, 0.717) is 13.1 Å². The van der Waals surface area contributed by atoms with Crippen molar-refractivity contribution in [3.8, 4) is 0 Å². The van der Waals surface area contributed by atoms with Gasteiger partial charge in [0.1, 0.15) is 0 Å². The van der Waals surface area contributed by atoms with Gasteiger partial charge in [0.25, 0.3) is 6.43 Å². The second-order valence-electron chi connectivity index (χ2n) is 3.62. The van der Waals surface area contributed by atoms with Crippen molar-refractivity contribution in [1.29, 1.82) is 0 Å². The molecule has 5 heteroatoms. The Kier molecular flexibility index (Phi) is 3.66. The van der Waals surface area contributed by atoms with Crippen molar-refractivity contribution in [1.82, 2.24) is 10.2 Å². The molecule has 0 bridgehead atoms. The zero-order valence-electron chi connectivity index (χ0n) is 8.33. The molecule has 1 N–H and O–H groups in total. The average molecular weight is 232 g/mol. The summed E-state index contributed by atoms with van der Waals surface area (Å²) in [6, 6.07) is 1.07. The summed E-state index contributed by atoms with van der Waals surface area (Å²) in [4.78, 5) is 1.86. The highest BCUT2D eigenvalue weighted by Crippen LogP contribution is 2.29. The molecule has 1 fully saturated rings. The van der Waals surface area contributed by atoms with E-state index in [2.05, 4.69) is 5.32 Å². The first kappa shape index (κ1) is 11.0. The number of nitrogens with one attached hydrogen (secondary N) is 1. The van der Waals surface area contributed by atoms with Gasteiger partial charge in [0.2, 0.25) is 0 Å². The summed E-state index contributed by atoms with van der Waals surface area (Å²) < 4.78 is 26.0. The first-order valence-electron chi connectivity index (χ1n) is 5.04. The van der Waals surface area contributed by atoms with Crippen molar-refractivity contribution in [2.75, 3.05) is 26.2 Å². The van der Waals surface area contributed by atoms with Gasteiger partial charge < -0.3 is 5.32 Å². The summed E-state index contributed by atoms with van der Waals surface area (Å²) in [7, 11) is 0. The van der Waals surface area contributed by atoms with Gasteiger partial charge in [-0.1, -0.05) is 0 Å². The normalized spacial score (nSPS) is 20.7. The fraction of sp³-hybridized carbons (Fsp3) is 0.600. The van der Waals surface area contributed by atoms with Crippen molar-refractivity contribution < 1.29 is 8.78 Å². The minimum Gasteiger partial charge on any atom is -0.314 e. The third-order valence-corrected chi connectivity index (χ3v) is 3.37. The van der Waals surface area contributed by atoms with Gasteiger partial charge >= 0.3 is 0 Å². The molecule has 0 radical (unpaired) electrons. The lowest BCUT2D eigenvalue weighted by molar-refractivity contribution is 0.0184. The van der Waals surface area contributed by atoms with Crippen molar-refractivity contribution in [2.45, 2.75) is 12.5 Å². The van der Waals surface area contributed by atoms with Crippen LogP contribution >= 0.6 is 11.3 Å². The molecule has 1 aromatic rings. The number of halogens is 2. The molecule has 1 aliphatic heterocycles. The number of hydrogen-bond donors (Lipinski definition) is 1. The van der Waals surface area contributed by atoms with E-state index >= 15 is 0 Å². The van der Waals surface area contributed by atoms with Crippen LogP contribution in [0.25, 0.3) is 0 Å². The number of thiophene rings is 1. The molecule has 2 nitrogen and oxygen atoms in total. The molecule has 2 rings (SSSR count). The molecule has 84 valence electrons. The SMILES string of the molecule is FC(F)[C@H](c1ccsc1)N1CCNCC1. The van der Waals surface area contributed by atoms with Gasteiger partial charge in [-0.05, 0) is 22.4 Å². The maximum Gasteiger partial charge on any atom is 0.258 e. The molecule has 1 aliphatic rings. The van der Waals surface area contributed by atoms with Crippen molar-refractivity contribution >= 4 is 11.3 Å². The Morgan fingerprint density at radius 2 is 2.07 bits per heavy atom. The van der Waals surface area contributed by atoms with Crippen LogP contribution in [0.3, 0.4) is 0 Å². The van der Waals surface area contributed by atoms with Crippen LogP contribution in [0.1, 0.15) is 11.6 Å². The van der Waals surface area contributed by atoms with Gasteiger partial charge in [0.15, 0.2) is 0 Å². The lowest BCUT2D eigenvalue weighted by Crippen LogP contribution is -2.46. The third-order valence-electron chi connectivity index (χ3n) is 2.67. The lowest BCUT2D eigenvalue weighted by atomic mass is 10.1. The van der Waals surface area contributed by atoms with E-state index in [1.165, 1.54) is 11.3 Å². The van der Waals surface area contributed by atoms with E-state index in [0.717, 1.165) is 18.7 Å². The highest BCUT2D eigenvalue weighted by atomic mass is 32.1. The number of piperazine rings is 1. The van der Waals surface area contributed by atoms with Crippen molar-refractivity contribution in [3.05, 3.63) is 22.4 Å². The third kappa shape index (κ3) is 2.53. The van der Waals surface area contributed by atoms with Crippen LogP contribution in [-0.2, 0) is 0 Å². The summed E-state index contributed by atoms with van der Waals surface area (Å²) in [6.07, 6.45) is -2.31. The fourth-order valence-electron chi connectivity index (χ4n) is 1.92. The summed E-state index contributed by atoms with van der Waals surface area (Å²) in [5.41, 5.74) is 0.747. The lowest BCUT2D eigenvalue weighted by Gasteiger charge is -2.34. The first-order valence-corrected chi connectivity index (χ1v) is 5.98. The second-order valence-corrected chi connectivity index (χ2v) is 4.40. The van der Waals surface area contributed by atoms with Gasteiger partial charge in [-0.2, -0.15) is 11.3 Å².